The third-order valence-electron chi connectivity index (χ3n) is 4.05. The summed E-state index contributed by atoms with van der Waals surface area (Å²) in [6, 6.07) is 8.15. The van der Waals surface area contributed by atoms with Gasteiger partial charge in [-0.3, -0.25) is 4.79 Å². The third kappa shape index (κ3) is 2.90. The lowest BCUT2D eigenvalue weighted by Gasteiger charge is -2.22. The number of para-hydroxylation sites is 1. The minimum atomic E-state index is 0.108. The maximum absolute atomic E-state index is 12.8. The molecule has 116 valence electrons. The minimum absolute atomic E-state index is 0.108. The predicted molar refractivity (Wildman–Crippen MR) is 88.4 cm³/mol. The van der Waals surface area contributed by atoms with Crippen LogP contribution < -0.4 is 4.90 Å². The van der Waals surface area contributed by atoms with Gasteiger partial charge in [0.2, 0.25) is 5.91 Å². The molecule has 1 amide bonds. The van der Waals surface area contributed by atoms with Crippen molar-refractivity contribution in [1.82, 2.24) is 5.16 Å². The molecule has 1 aliphatic rings. The van der Waals surface area contributed by atoms with Crippen molar-refractivity contribution in [2.24, 2.45) is 0 Å². The van der Waals surface area contributed by atoms with Crippen LogP contribution in [0.4, 0.5) is 5.69 Å². The van der Waals surface area contributed by atoms with E-state index in [4.69, 9.17) is 4.52 Å². The fraction of sp³-hybridized carbons (Fsp3) is 0.412. The quantitative estimate of drug-likeness (QED) is 0.846. The van der Waals surface area contributed by atoms with Gasteiger partial charge in [-0.15, -0.1) is 11.8 Å². The van der Waals surface area contributed by atoms with E-state index in [2.05, 4.69) is 18.1 Å². The molecule has 22 heavy (non-hydrogen) atoms. The average Bonchev–Trinajstić information content (AvgIpc) is 2.72. The van der Waals surface area contributed by atoms with E-state index in [0.717, 1.165) is 35.7 Å². The molecule has 5 heteroatoms. The summed E-state index contributed by atoms with van der Waals surface area (Å²) in [5.74, 6) is 0.841. The highest BCUT2D eigenvalue weighted by Crippen LogP contribution is 2.37. The molecule has 3 rings (SSSR count). The van der Waals surface area contributed by atoms with Crippen LogP contribution in [0.3, 0.4) is 0 Å². The van der Waals surface area contributed by atoms with Gasteiger partial charge in [0.05, 0.1) is 17.8 Å². The van der Waals surface area contributed by atoms with E-state index in [9.17, 15) is 4.79 Å². The zero-order valence-corrected chi connectivity index (χ0v) is 13.9. The van der Waals surface area contributed by atoms with E-state index in [-0.39, 0.29) is 5.91 Å². The Hall–Kier alpha value is -1.75. The van der Waals surface area contributed by atoms with Gasteiger partial charge in [0.1, 0.15) is 5.76 Å². The molecule has 0 N–H and O–H groups in total. The lowest BCUT2D eigenvalue weighted by molar-refractivity contribution is -0.118. The van der Waals surface area contributed by atoms with Crippen LogP contribution in [-0.4, -0.2) is 22.9 Å². The Morgan fingerprint density at radius 3 is 2.91 bits per heavy atom. The topological polar surface area (TPSA) is 46.3 Å². The molecule has 0 saturated heterocycles. The van der Waals surface area contributed by atoms with Gasteiger partial charge in [0, 0.05) is 22.3 Å². The van der Waals surface area contributed by atoms with E-state index in [0.29, 0.717) is 11.7 Å². The molecule has 0 radical (unpaired) electrons. The number of hydrogen-bond donors (Lipinski definition) is 0. The summed E-state index contributed by atoms with van der Waals surface area (Å²) in [7, 11) is 0. The molecule has 2 heterocycles. The molecule has 1 aliphatic heterocycles. The molecule has 0 aliphatic carbocycles. The molecule has 1 unspecified atom stereocenters. The van der Waals surface area contributed by atoms with Gasteiger partial charge in [-0.2, -0.15) is 0 Å². The maximum Gasteiger partial charge on any atom is 0.231 e. The van der Waals surface area contributed by atoms with Crippen LogP contribution in [-0.2, 0) is 11.2 Å². The van der Waals surface area contributed by atoms with Crippen LogP contribution >= 0.6 is 11.8 Å². The van der Waals surface area contributed by atoms with Crippen LogP contribution in [0.1, 0.15) is 30.4 Å². The summed E-state index contributed by atoms with van der Waals surface area (Å²) in [4.78, 5) is 15.9. The first-order valence-electron chi connectivity index (χ1n) is 7.54. The minimum Gasteiger partial charge on any atom is -0.361 e. The summed E-state index contributed by atoms with van der Waals surface area (Å²) in [5, 5.41) is 4.45. The van der Waals surface area contributed by atoms with Crippen molar-refractivity contribution >= 4 is 23.4 Å². The second kappa shape index (κ2) is 6.16. The predicted octanol–water partition coefficient (Wildman–Crippen LogP) is 3.75. The number of anilines is 1. The molecular formula is C17H20N2O2S. The second-order valence-corrected chi connectivity index (χ2v) is 7.19. The van der Waals surface area contributed by atoms with Crippen molar-refractivity contribution in [3.63, 3.8) is 0 Å². The van der Waals surface area contributed by atoms with Crippen molar-refractivity contribution in [2.45, 2.75) is 43.8 Å². The van der Waals surface area contributed by atoms with Crippen molar-refractivity contribution in [3.05, 3.63) is 41.3 Å². The Morgan fingerprint density at radius 1 is 1.41 bits per heavy atom. The number of rotatable bonds is 2. The standard InChI is InChI=1S/C17H20N2O2S/c1-11-8-9-19(15-6-4-5-7-16(15)22-11)17(20)10-14-12(2)18-21-13(14)3/h4-7,11H,8-10H2,1-3H3. The van der Waals surface area contributed by atoms with Gasteiger partial charge in [-0.25, -0.2) is 0 Å². The zero-order valence-electron chi connectivity index (χ0n) is 13.1. The van der Waals surface area contributed by atoms with Crippen molar-refractivity contribution < 1.29 is 9.32 Å². The van der Waals surface area contributed by atoms with Crippen LogP contribution in [0.2, 0.25) is 0 Å². The first-order valence-corrected chi connectivity index (χ1v) is 8.42. The Labute approximate surface area is 134 Å². The molecule has 1 aromatic heterocycles. The van der Waals surface area contributed by atoms with E-state index < -0.39 is 0 Å². The van der Waals surface area contributed by atoms with Crippen LogP contribution in [0.5, 0.6) is 0 Å². The Balaban J connectivity index is 1.89. The molecule has 0 saturated carbocycles. The van der Waals surface area contributed by atoms with Gasteiger partial charge in [-0.1, -0.05) is 24.2 Å². The molecule has 1 atom stereocenters. The van der Waals surface area contributed by atoms with Gasteiger partial charge in [0.15, 0.2) is 0 Å². The molecule has 0 fully saturated rings. The SMILES string of the molecule is Cc1noc(C)c1CC(=O)N1CCC(C)Sc2ccccc21. The van der Waals surface area contributed by atoms with Crippen LogP contribution in [0.25, 0.3) is 0 Å². The lowest BCUT2D eigenvalue weighted by Crippen LogP contribution is -2.33. The Kier molecular flexibility index (Phi) is 4.25. The van der Waals surface area contributed by atoms with Gasteiger partial charge in [-0.05, 0) is 32.4 Å². The third-order valence-corrected chi connectivity index (χ3v) is 5.29. The summed E-state index contributed by atoms with van der Waals surface area (Å²) in [5.41, 5.74) is 2.73. The first-order chi connectivity index (χ1) is 10.6. The van der Waals surface area contributed by atoms with Crippen molar-refractivity contribution in [3.8, 4) is 0 Å². The highest BCUT2D eigenvalue weighted by atomic mass is 32.2. The van der Waals surface area contributed by atoms with Gasteiger partial charge < -0.3 is 9.42 Å². The van der Waals surface area contributed by atoms with E-state index >= 15 is 0 Å². The molecule has 4 nitrogen and oxygen atoms in total. The first kappa shape index (κ1) is 15.2. The normalized spacial score (nSPS) is 18.0. The highest BCUT2D eigenvalue weighted by molar-refractivity contribution is 8.00. The van der Waals surface area contributed by atoms with Crippen LogP contribution in [0.15, 0.2) is 33.7 Å². The summed E-state index contributed by atoms with van der Waals surface area (Å²) in [6.45, 7) is 6.71. The maximum atomic E-state index is 12.8. The fourth-order valence-corrected chi connectivity index (χ4v) is 3.86. The molecule has 1 aromatic carbocycles. The number of hydrogen-bond acceptors (Lipinski definition) is 4. The number of aromatic nitrogens is 1. The number of amides is 1. The largest absolute Gasteiger partial charge is 0.361 e. The number of carbonyl (C=O) groups is 1. The monoisotopic (exact) mass is 316 g/mol. The molecule has 2 aromatic rings. The van der Waals surface area contributed by atoms with E-state index in [1.165, 1.54) is 4.90 Å². The molecule has 0 spiro atoms. The van der Waals surface area contributed by atoms with Gasteiger partial charge >= 0.3 is 0 Å². The number of carbonyl (C=O) groups excluding carboxylic acids is 1. The summed E-state index contributed by atoms with van der Waals surface area (Å²) >= 11 is 1.84. The second-order valence-electron chi connectivity index (χ2n) is 5.71. The van der Waals surface area contributed by atoms with Crippen molar-refractivity contribution in [2.75, 3.05) is 11.4 Å². The molecule has 0 bridgehead atoms. The number of fused-ring (bicyclic) bond motifs is 1. The smallest absolute Gasteiger partial charge is 0.231 e. The number of benzene rings is 1. The fourth-order valence-electron chi connectivity index (χ4n) is 2.75. The van der Waals surface area contributed by atoms with Crippen LogP contribution in [0, 0.1) is 13.8 Å². The molecular weight excluding hydrogens is 296 g/mol. The number of thioether (sulfide) groups is 1. The number of nitrogens with zero attached hydrogens (tertiary/aromatic N) is 2. The van der Waals surface area contributed by atoms with Crippen molar-refractivity contribution in [1.29, 1.82) is 0 Å². The number of aryl methyl sites for hydroxylation is 2. The summed E-state index contributed by atoms with van der Waals surface area (Å²) in [6.07, 6.45) is 1.33. The zero-order chi connectivity index (χ0) is 15.7. The summed E-state index contributed by atoms with van der Waals surface area (Å²) < 4.78 is 5.17. The van der Waals surface area contributed by atoms with Gasteiger partial charge in [0.25, 0.3) is 0 Å². The average molecular weight is 316 g/mol. The highest BCUT2D eigenvalue weighted by Gasteiger charge is 2.25. The lowest BCUT2D eigenvalue weighted by atomic mass is 10.1. The van der Waals surface area contributed by atoms with E-state index in [1.807, 2.05) is 48.7 Å². The Morgan fingerprint density at radius 2 is 2.18 bits per heavy atom. The Bertz CT molecular complexity index is 676. The van der Waals surface area contributed by atoms with E-state index in [1.54, 1.807) is 0 Å².